The van der Waals surface area contributed by atoms with Crippen LogP contribution in [0.15, 0.2) is 18.2 Å². The van der Waals surface area contributed by atoms with Crippen molar-refractivity contribution in [3.8, 4) is 5.75 Å². The number of phenolic OH excluding ortho intramolecular Hbond substituents is 1. The number of phenols is 1. The molecule has 0 saturated carbocycles. The number of rotatable bonds is 1. The zero-order chi connectivity index (χ0) is 13.4. The van der Waals surface area contributed by atoms with E-state index in [0.29, 0.717) is 5.56 Å². The minimum absolute atomic E-state index is 0.0378. The number of hydrogen-bond acceptors (Lipinski definition) is 3. The second kappa shape index (κ2) is 4.59. The molecule has 1 aliphatic heterocycles. The number of H-pyrrole nitrogens is 1. The summed E-state index contributed by atoms with van der Waals surface area (Å²) in [6.45, 7) is 5.01. The van der Waals surface area contributed by atoms with Gasteiger partial charge in [0.25, 0.3) is 5.91 Å². The fraction of sp³-hybridized carbons (Fsp3) is 0.357. The molecule has 1 aliphatic rings. The number of aryl methyl sites for hydroxylation is 1. The number of carbonyl (C=O) groups excluding carboxylic acids is 1. The Kier molecular flexibility index (Phi) is 2.91. The van der Waals surface area contributed by atoms with E-state index in [0.717, 1.165) is 42.8 Å². The number of amides is 1. The van der Waals surface area contributed by atoms with Gasteiger partial charge in [0.15, 0.2) is 0 Å². The number of hydrogen-bond donors (Lipinski definition) is 3. The van der Waals surface area contributed by atoms with Crippen molar-refractivity contribution in [1.82, 2.24) is 15.2 Å². The van der Waals surface area contributed by atoms with Gasteiger partial charge in [0.1, 0.15) is 5.75 Å². The molecule has 1 aromatic carbocycles. The third-order valence-electron chi connectivity index (χ3n) is 3.59. The summed E-state index contributed by atoms with van der Waals surface area (Å²) in [7, 11) is 0. The Bertz CT molecular complexity index is 627. The predicted octanol–water partition coefficient (Wildman–Crippen LogP) is 1.23. The SMILES string of the molecule is Cc1[nH]c2ccc(O)cc2c1C(=O)N1CCNCC1. The van der Waals surface area contributed by atoms with E-state index < -0.39 is 0 Å². The highest BCUT2D eigenvalue weighted by molar-refractivity contribution is 6.08. The number of nitrogens with one attached hydrogen (secondary N) is 2. The summed E-state index contributed by atoms with van der Waals surface area (Å²) in [4.78, 5) is 17.7. The minimum atomic E-state index is 0.0378. The topological polar surface area (TPSA) is 68.4 Å². The normalized spacial score (nSPS) is 15.9. The van der Waals surface area contributed by atoms with E-state index in [1.165, 1.54) is 0 Å². The van der Waals surface area contributed by atoms with Crippen molar-refractivity contribution in [1.29, 1.82) is 0 Å². The Morgan fingerprint density at radius 1 is 1.32 bits per heavy atom. The van der Waals surface area contributed by atoms with Crippen molar-refractivity contribution in [3.63, 3.8) is 0 Å². The van der Waals surface area contributed by atoms with Crippen molar-refractivity contribution in [2.45, 2.75) is 6.92 Å². The predicted molar refractivity (Wildman–Crippen MR) is 73.5 cm³/mol. The van der Waals surface area contributed by atoms with Crippen LogP contribution in [0.3, 0.4) is 0 Å². The van der Waals surface area contributed by atoms with E-state index >= 15 is 0 Å². The molecular formula is C14H17N3O2. The Morgan fingerprint density at radius 2 is 2.05 bits per heavy atom. The van der Waals surface area contributed by atoms with E-state index in [1.807, 2.05) is 11.8 Å². The van der Waals surface area contributed by atoms with Crippen molar-refractivity contribution in [2.75, 3.05) is 26.2 Å². The van der Waals surface area contributed by atoms with Gasteiger partial charge in [-0.25, -0.2) is 0 Å². The maximum atomic E-state index is 12.6. The molecule has 0 aliphatic carbocycles. The zero-order valence-corrected chi connectivity index (χ0v) is 10.9. The largest absolute Gasteiger partial charge is 0.508 e. The number of fused-ring (bicyclic) bond motifs is 1. The van der Waals surface area contributed by atoms with Gasteiger partial charge in [-0.2, -0.15) is 0 Å². The van der Waals surface area contributed by atoms with Gasteiger partial charge in [-0.3, -0.25) is 4.79 Å². The van der Waals surface area contributed by atoms with E-state index in [4.69, 9.17) is 0 Å². The summed E-state index contributed by atoms with van der Waals surface area (Å²) in [5.41, 5.74) is 2.41. The monoisotopic (exact) mass is 259 g/mol. The van der Waals surface area contributed by atoms with Crippen molar-refractivity contribution < 1.29 is 9.90 Å². The zero-order valence-electron chi connectivity index (χ0n) is 10.9. The second-order valence-corrected chi connectivity index (χ2v) is 4.90. The first kappa shape index (κ1) is 12.0. The summed E-state index contributed by atoms with van der Waals surface area (Å²) in [6, 6.07) is 5.07. The van der Waals surface area contributed by atoms with Crippen LogP contribution in [0.4, 0.5) is 0 Å². The van der Waals surface area contributed by atoms with Crippen LogP contribution in [0.1, 0.15) is 16.1 Å². The van der Waals surface area contributed by atoms with E-state index in [2.05, 4.69) is 10.3 Å². The molecule has 0 spiro atoms. The van der Waals surface area contributed by atoms with E-state index in [1.54, 1.807) is 18.2 Å². The minimum Gasteiger partial charge on any atom is -0.508 e. The van der Waals surface area contributed by atoms with Crippen molar-refractivity contribution in [2.24, 2.45) is 0 Å². The van der Waals surface area contributed by atoms with Crippen LogP contribution in [0, 0.1) is 6.92 Å². The smallest absolute Gasteiger partial charge is 0.256 e. The maximum Gasteiger partial charge on any atom is 0.256 e. The Labute approximate surface area is 111 Å². The van der Waals surface area contributed by atoms with Crippen LogP contribution in [0.2, 0.25) is 0 Å². The first-order valence-corrected chi connectivity index (χ1v) is 6.48. The standard InChI is InChI=1S/C14H17N3O2/c1-9-13(14(19)17-6-4-15-5-7-17)11-8-10(18)2-3-12(11)16-9/h2-3,8,15-16,18H,4-7H2,1H3. The summed E-state index contributed by atoms with van der Waals surface area (Å²) >= 11 is 0. The lowest BCUT2D eigenvalue weighted by Gasteiger charge is -2.27. The summed E-state index contributed by atoms with van der Waals surface area (Å²) in [6.07, 6.45) is 0. The van der Waals surface area contributed by atoms with Crippen molar-refractivity contribution in [3.05, 3.63) is 29.5 Å². The fourth-order valence-electron chi connectivity index (χ4n) is 2.62. The molecule has 0 atom stereocenters. The molecule has 3 N–H and O–H groups in total. The number of carbonyl (C=O) groups is 1. The van der Waals surface area contributed by atoms with Crippen LogP contribution in [0.5, 0.6) is 5.75 Å². The fourth-order valence-corrected chi connectivity index (χ4v) is 2.62. The number of aromatic amines is 1. The second-order valence-electron chi connectivity index (χ2n) is 4.90. The number of piperazine rings is 1. The molecule has 5 heteroatoms. The molecule has 1 amide bonds. The molecule has 5 nitrogen and oxygen atoms in total. The average molecular weight is 259 g/mol. The van der Waals surface area contributed by atoms with Crippen LogP contribution >= 0.6 is 0 Å². The van der Waals surface area contributed by atoms with Crippen molar-refractivity contribution >= 4 is 16.8 Å². The molecule has 3 rings (SSSR count). The van der Waals surface area contributed by atoms with Gasteiger partial charge in [-0.15, -0.1) is 0 Å². The summed E-state index contributed by atoms with van der Waals surface area (Å²) < 4.78 is 0. The van der Waals surface area contributed by atoms with Gasteiger partial charge in [0, 0.05) is 42.8 Å². The van der Waals surface area contributed by atoms with Gasteiger partial charge in [-0.1, -0.05) is 0 Å². The van der Waals surface area contributed by atoms with Crippen LogP contribution < -0.4 is 5.32 Å². The quantitative estimate of drug-likeness (QED) is 0.721. The van der Waals surface area contributed by atoms with Gasteiger partial charge in [0.05, 0.1) is 5.56 Å². The van der Waals surface area contributed by atoms with Gasteiger partial charge in [0.2, 0.25) is 0 Å². The number of benzene rings is 1. The van der Waals surface area contributed by atoms with Crippen LogP contribution in [-0.4, -0.2) is 47.1 Å². The Balaban J connectivity index is 2.05. The molecule has 1 fully saturated rings. The van der Waals surface area contributed by atoms with Gasteiger partial charge in [-0.05, 0) is 25.1 Å². The Hall–Kier alpha value is -2.01. The lowest BCUT2D eigenvalue weighted by Crippen LogP contribution is -2.46. The number of aromatic hydroxyl groups is 1. The lowest BCUT2D eigenvalue weighted by molar-refractivity contribution is 0.0737. The molecule has 100 valence electrons. The highest BCUT2D eigenvalue weighted by Gasteiger charge is 2.23. The maximum absolute atomic E-state index is 12.6. The third kappa shape index (κ3) is 2.06. The molecule has 1 aromatic heterocycles. The molecule has 1 saturated heterocycles. The Morgan fingerprint density at radius 3 is 2.79 bits per heavy atom. The van der Waals surface area contributed by atoms with Crippen LogP contribution in [0.25, 0.3) is 10.9 Å². The highest BCUT2D eigenvalue weighted by atomic mass is 16.3. The molecule has 2 aromatic rings. The molecular weight excluding hydrogens is 242 g/mol. The van der Waals surface area contributed by atoms with E-state index in [-0.39, 0.29) is 11.7 Å². The van der Waals surface area contributed by atoms with Gasteiger partial charge >= 0.3 is 0 Å². The number of nitrogens with zero attached hydrogens (tertiary/aromatic N) is 1. The molecule has 0 radical (unpaired) electrons. The van der Waals surface area contributed by atoms with Gasteiger partial charge < -0.3 is 20.3 Å². The lowest BCUT2D eigenvalue weighted by atomic mass is 10.1. The van der Waals surface area contributed by atoms with Crippen LogP contribution in [-0.2, 0) is 0 Å². The first-order chi connectivity index (χ1) is 9.16. The third-order valence-corrected chi connectivity index (χ3v) is 3.59. The highest BCUT2D eigenvalue weighted by Crippen LogP contribution is 2.27. The first-order valence-electron chi connectivity index (χ1n) is 6.48. The molecule has 0 bridgehead atoms. The number of aromatic nitrogens is 1. The summed E-state index contributed by atoms with van der Waals surface area (Å²) in [5.74, 6) is 0.219. The molecule has 19 heavy (non-hydrogen) atoms. The molecule has 0 unspecified atom stereocenters. The average Bonchev–Trinajstić information content (AvgIpc) is 2.74. The molecule has 2 heterocycles. The summed E-state index contributed by atoms with van der Waals surface area (Å²) in [5, 5.41) is 13.6. The van der Waals surface area contributed by atoms with E-state index in [9.17, 15) is 9.90 Å².